The SMILES string of the molecule is Cc1ccc(OC2CCN(S(=O)(=O)c3cc(F)ccc3F)C2)nn1. The normalized spacial score (nSPS) is 18.7. The van der Waals surface area contributed by atoms with E-state index in [1.54, 1.807) is 19.1 Å². The van der Waals surface area contributed by atoms with E-state index < -0.39 is 32.7 Å². The standard InChI is InChI=1S/C15H15F2N3O3S/c1-10-2-5-15(19-18-10)23-12-6-7-20(9-12)24(21,22)14-8-11(16)3-4-13(14)17/h2-5,8,12H,6-7,9H2,1H3. The van der Waals surface area contributed by atoms with Crippen molar-refractivity contribution in [3.8, 4) is 5.88 Å². The summed E-state index contributed by atoms with van der Waals surface area (Å²) in [5.74, 6) is -1.50. The molecule has 2 aromatic rings. The van der Waals surface area contributed by atoms with E-state index in [1.807, 2.05) is 0 Å². The van der Waals surface area contributed by atoms with Crippen LogP contribution in [0.15, 0.2) is 35.2 Å². The molecule has 1 saturated heterocycles. The number of aromatic nitrogens is 2. The molecule has 1 fully saturated rings. The van der Waals surface area contributed by atoms with E-state index in [9.17, 15) is 17.2 Å². The predicted molar refractivity (Wildman–Crippen MR) is 80.9 cm³/mol. The van der Waals surface area contributed by atoms with Crippen molar-refractivity contribution in [1.82, 2.24) is 14.5 Å². The van der Waals surface area contributed by atoms with Crippen LogP contribution in [0.4, 0.5) is 8.78 Å². The van der Waals surface area contributed by atoms with Crippen molar-refractivity contribution in [2.24, 2.45) is 0 Å². The van der Waals surface area contributed by atoms with Crippen LogP contribution in [0.1, 0.15) is 12.1 Å². The molecule has 0 amide bonds. The summed E-state index contributed by atoms with van der Waals surface area (Å²) in [5.41, 5.74) is 0.736. The third-order valence-corrected chi connectivity index (χ3v) is 5.56. The molecule has 0 aliphatic carbocycles. The summed E-state index contributed by atoms with van der Waals surface area (Å²) in [6, 6.07) is 5.73. The summed E-state index contributed by atoms with van der Waals surface area (Å²) in [6.45, 7) is 1.98. The second-order valence-corrected chi connectivity index (χ2v) is 7.39. The van der Waals surface area contributed by atoms with E-state index >= 15 is 0 Å². The minimum Gasteiger partial charge on any atom is -0.472 e. The first-order chi connectivity index (χ1) is 11.4. The minimum absolute atomic E-state index is 0.0356. The molecule has 128 valence electrons. The van der Waals surface area contributed by atoms with Crippen LogP contribution in [0.3, 0.4) is 0 Å². The van der Waals surface area contributed by atoms with Crippen LogP contribution in [0, 0.1) is 18.6 Å². The third kappa shape index (κ3) is 3.36. The van der Waals surface area contributed by atoms with Gasteiger partial charge in [0.05, 0.1) is 12.2 Å². The number of benzene rings is 1. The number of halogens is 2. The molecular formula is C15H15F2N3O3S. The number of aryl methyl sites for hydroxylation is 1. The Morgan fingerprint density at radius 3 is 2.71 bits per heavy atom. The van der Waals surface area contributed by atoms with Gasteiger partial charge in [0.1, 0.15) is 22.6 Å². The fraction of sp³-hybridized carbons (Fsp3) is 0.333. The van der Waals surface area contributed by atoms with Gasteiger partial charge in [-0.05, 0) is 37.6 Å². The Morgan fingerprint density at radius 2 is 2.00 bits per heavy atom. The Balaban J connectivity index is 1.74. The predicted octanol–water partition coefficient (Wildman–Crippen LogP) is 1.91. The first kappa shape index (κ1) is 16.7. The third-order valence-electron chi connectivity index (χ3n) is 3.68. The highest BCUT2D eigenvalue weighted by Gasteiger charge is 2.35. The number of nitrogens with zero attached hydrogens (tertiary/aromatic N) is 3. The van der Waals surface area contributed by atoms with Crippen molar-refractivity contribution in [2.45, 2.75) is 24.3 Å². The summed E-state index contributed by atoms with van der Waals surface area (Å²) >= 11 is 0. The zero-order valence-corrected chi connectivity index (χ0v) is 13.6. The van der Waals surface area contributed by atoms with Crippen LogP contribution in [-0.4, -0.2) is 42.1 Å². The first-order valence-electron chi connectivity index (χ1n) is 7.28. The van der Waals surface area contributed by atoms with Crippen molar-refractivity contribution in [3.05, 3.63) is 47.7 Å². The van der Waals surface area contributed by atoms with Gasteiger partial charge in [0, 0.05) is 12.6 Å². The minimum atomic E-state index is -4.12. The molecule has 2 heterocycles. The van der Waals surface area contributed by atoms with E-state index in [4.69, 9.17) is 4.74 Å². The zero-order valence-electron chi connectivity index (χ0n) is 12.8. The molecule has 0 N–H and O–H groups in total. The Kier molecular flexibility index (Phi) is 4.46. The average molecular weight is 355 g/mol. The monoisotopic (exact) mass is 355 g/mol. The van der Waals surface area contributed by atoms with Crippen LogP contribution in [0.25, 0.3) is 0 Å². The largest absolute Gasteiger partial charge is 0.472 e. The number of hydrogen-bond acceptors (Lipinski definition) is 5. The average Bonchev–Trinajstić information content (AvgIpc) is 3.01. The van der Waals surface area contributed by atoms with Crippen LogP contribution in [0.2, 0.25) is 0 Å². The molecule has 1 aromatic heterocycles. The molecule has 9 heteroatoms. The van der Waals surface area contributed by atoms with Gasteiger partial charge >= 0.3 is 0 Å². The van der Waals surface area contributed by atoms with Crippen LogP contribution >= 0.6 is 0 Å². The van der Waals surface area contributed by atoms with E-state index in [0.717, 1.165) is 22.1 Å². The quantitative estimate of drug-likeness (QED) is 0.838. The smallest absolute Gasteiger partial charge is 0.246 e. The van der Waals surface area contributed by atoms with Gasteiger partial charge in [0.2, 0.25) is 15.9 Å². The molecule has 1 aliphatic rings. The lowest BCUT2D eigenvalue weighted by Crippen LogP contribution is -2.31. The molecule has 0 radical (unpaired) electrons. The molecule has 0 bridgehead atoms. The maximum absolute atomic E-state index is 13.8. The molecule has 0 saturated carbocycles. The zero-order chi connectivity index (χ0) is 17.3. The van der Waals surface area contributed by atoms with Crippen LogP contribution < -0.4 is 4.74 Å². The lowest BCUT2D eigenvalue weighted by Gasteiger charge is -2.17. The van der Waals surface area contributed by atoms with Gasteiger partial charge in [-0.2, -0.15) is 9.40 Å². The number of hydrogen-bond donors (Lipinski definition) is 0. The van der Waals surface area contributed by atoms with Gasteiger partial charge in [-0.1, -0.05) is 0 Å². The second kappa shape index (κ2) is 6.40. The summed E-state index contributed by atoms with van der Waals surface area (Å²) < 4.78 is 58.7. The Bertz CT molecular complexity index is 844. The number of sulfonamides is 1. The molecule has 1 aromatic carbocycles. The Morgan fingerprint density at radius 1 is 1.21 bits per heavy atom. The lowest BCUT2D eigenvalue weighted by atomic mass is 10.3. The summed E-state index contributed by atoms with van der Waals surface area (Å²) in [7, 11) is -4.12. The fourth-order valence-corrected chi connectivity index (χ4v) is 4.01. The van der Waals surface area contributed by atoms with E-state index in [2.05, 4.69) is 10.2 Å². The lowest BCUT2D eigenvalue weighted by molar-refractivity contribution is 0.204. The van der Waals surface area contributed by atoms with E-state index in [-0.39, 0.29) is 13.1 Å². The molecule has 3 rings (SSSR count). The van der Waals surface area contributed by atoms with Crippen LogP contribution in [-0.2, 0) is 10.0 Å². The van der Waals surface area contributed by atoms with Gasteiger partial charge in [-0.3, -0.25) is 0 Å². The Hall–Kier alpha value is -2.13. The van der Waals surface area contributed by atoms with Crippen molar-refractivity contribution in [2.75, 3.05) is 13.1 Å². The number of ether oxygens (including phenoxy) is 1. The molecule has 6 nitrogen and oxygen atoms in total. The van der Waals surface area contributed by atoms with E-state index in [1.165, 1.54) is 0 Å². The fourth-order valence-electron chi connectivity index (χ4n) is 2.45. The number of rotatable bonds is 4. The molecule has 24 heavy (non-hydrogen) atoms. The van der Waals surface area contributed by atoms with Crippen molar-refractivity contribution < 1.29 is 21.9 Å². The molecule has 1 unspecified atom stereocenters. The highest BCUT2D eigenvalue weighted by Crippen LogP contribution is 2.25. The van der Waals surface area contributed by atoms with Crippen LogP contribution in [0.5, 0.6) is 5.88 Å². The van der Waals surface area contributed by atoms with Gasteiger partial charge in [-0.15, -0.1) is 5.10 Å². The van der Waals surface area contributed by atoms with Gasteiger partial charge in [0.15, 0.2) is 0 Å². The van der Waals surface area contributed by atoms with Gasteiger partial charge in [0.25, 0.3) is 0 Å². The van der Waals surface area contributed by atoms with Crippen molar-refractivity contribution in [3.63, 3.8) is 0 Å². The molecular weight excluding hydrogens is 340 g/mol. The van der Waals surface area contributed by atoms with Gasteiger partial charge in [-0.25, -0.2) is 17.2 Å². The molecule has 0 spiro atoms. The van der Waals surface area contributed by atoms with E-state index in [0.29, 0.717) is 18.4 Å². The maximum Gasteiger partial charge on any atom is 0.246 e. The second-order valence-electron chi connectivity index (χ2n) is 5.48. The summed E-state index contributed by atoms with van der Waals surface area (Å²) in [4.78, 5) is -0.668. The molecule has 1 aliphatic heterocycles. The first-order valence-corrected chi connectivity index (χ1v) is 8.72. The highest BCUT2D eigenvalue weighted by atomic mass is 32.2. The highest BCUT2D eigenvalue weighted by molar-refractivity contribution is 7.89. The van der Waals surface area contributed by atoms with Gasteiger partial charge < -0.3 is 4.74 Å². The summed E-state index contributed by atoms with van der Waals surface area (Å²) in [5, 5.41) is 7.72. The molecule has 1 atom stereocenters. The Labute approximate surface area is 138 Å². The van der Waals surface area contributed by atoms with Crippen molar-refractivity contribution >= 4 is 10.0 Å². The van der Waals surface area contributed by atoms with Crippen molar-refractivity contribution in [1.29, 1.82) is 0 Å². The maximum atomic E-state index is 13.8. The summed E-state index contributed by atoms with van der Waals surface area (Å²) in [6.07, 6.45) is -0.000434. The topological polar surface area (TPSA) is 72.4 Å².